The molecule has 0 atom stereocenters. The van der Waals surface area contributed by atoms with Crippen LogP contribution in [0.4, 0.5) is 10.1 Å². The summed E-state index contributed by atoms with van der Waals surface area (Å²) in [5, 5.41) is 8.75. The summed E-state index contributed by atoms with van der Waals surface area (Å²) in [6, 6.07) is 7.48. The summed E-state index contributed by atoms with van der Waals surface area (Å²) >= 11 is 6.08. The van der Waals surface area contributed by atoms with Crippen LogP contribution < -0.4 is 14.2 Å². The minimum absolute atomic E-state index is 0.0145. The van der Waals surface area contributed by atoms with Crippen molar-refractivity contribution in [2.24, 2.45) is 0 Å². The van der Waals surface area contributed by atoms with Gasteiger partial charge in [-0.15, -0.1) is 0 Å². The highest BCUT2D eigenvalue weighted by atomic mass is 36.0. The molecular weight excluding hydrogens is 548 g/mol. The Kier molecular flexibility index (Phi) is 13.4. The van der Waals surface area contributed by atoms with E-state index in [9.17, 15) is 17.6 Å². The maximum absolute atomic E-state index is 13.5. The molecule has 15 heteroatoms. The highest BCUT2D eigenvalue weighted by Gasteiger charge is 2.14. The van der Waals surface area contributed by atoms with E-state index in [4.69, 9.17) is 34.6 Å². The lowest BCUT2D eigenvalue weighted by Crippen LogP contribution is -2.14. The molecule has 0 fully saturated rings. The minimum atomic E-state index is -3.72. The number of hydrogen-bond donors (Lipinski definition) is 2. The van der Waals surface area contributed by atoms with Crippen LogP contribution in [0.1, 0.15) is 20.8 Å². The Bertz CT molecular complexity index is 1140. The number of ether oxygens (including phenoxy) is 2. The van der Waals surface area contributed by atoms with Crippen molar-refractivity contribution in [2.45, 2.75) is 20.8 Å². The van der Waals surface area contributed by atoms with Gasteiger partial charge in [-0.2, -0.15) is 8.42 Å². The van der Waals surface area contributed by atoms with Crippen molar-refractivity contribution < 1.29 is 40.6 Å². The molecule has 0 aromatic heterocycles. The lowest BCUT2D eigenvalue weighted by molar-refractivity contribution is -0.139. The molecule has 2 aromatic rings. The number of carboxylic acids is 1. The molecular formula is C18H21Cl3FNO8S2. The molecule has 0 saturated heterocycles. The summed E-state index contributed by atoms with van der Waals surface area (Å²) in [5.74, 6) is -1.87. The summed E-state index contributed by atoms with van der Waals surface area (Å²) in [6.07, 6.45) is 0. The first-order valence-corrected chi connectivity index (χ1v) is 14.1. The number of sulfonamides is 1. The number of anilines is 1. The summed E-state index contributed by atoms with van der Waals surface area (Å²) in [6.45, 7) is 4.86. The molecule has 0 amide bonds. The van der Waals surface area contributed by atoms with Gasteiger partial charge < -0.3 is 14.6 Å². The lowest BCUT2D eigenvalue weighted by Gasteiger charge is -2.13. The molecule has 0 spiro atoms. The number of hydrogen-bond acceptors (Lipinski definition) is 7. The van der Waals surface area contributed by atoms with Crippen LogP contribution in [0.15, 0.2) is 36.4 Å². The normalized spacial score (nSPS) is 10.6. The van der Waals surface area contributed by atoms with Crippen LogP contribution in [0, 0.1) is 5.82 Å². The van der Waals surface area contributed by atoms with Crippen molar-refractivity contribution >= 4 is 62.9 Å². The van der Waals surface area contributed by atoms with Gasteiger partial charge in [0.25, 0.3) is 0 Å². The number of aliphatic carboxylic acids is 1. The monoisotopic (exact) mass is 567 g/mol. The molecule has 2 aromatic carbocycles. The minimum Gasteiger partial charge on any atom is -0.479 e. The Balaban J connectivity index is 0.00000129. The predicted octanol–water partition coefficient (Wildman–Crippen LogP) is 5.23. The quantitative estimate of drug-likeness (QED) is 0.413. The van der Waals surface area contributed by atoms with E-state index >= 15 is 0 Å². The number of benzene rings is 2. The fourth-order valence-electron chi connectivity index (χ4n) is 1.84. The van der Waals surface area contributed by atoms with E-state index in [-0.39, 0.29) is 33.7 Å². The van der Waals surface area contributed by atoms with E-state index in [0.29, 0.717) is 0 Å². The van der Waals surface area contributed by atoms with Crippen LogP contribution in [0.3, 0.4) is 0 Å². The highest BCUT2D eigenvalue weighted by molar-refractivity contribution is 8.31. The van der Waals surface area contributed by atoms with Gasteiger partial charge in [-0.05, 0) is 37.3 Å². The van der Waals surface area contributed by atoms with Gasteiger partial charge in [-0.3, -0.25) is 4.72 Å². The van der Waals surface area contributed by atoms with Crippen molar-refractivity contribution in [1.82, 2.24) is 0 Å². The number of rotatable bonds is 8. The maximum Gasteiger partial charge on any atom is 0.341 e. The summed E-state index contributed by atoms with van der Waals surface area (Å²) in [4.78, 5) is 10.6. The Labute approximate surface area is 205 Å². The van der Waals surface area contributed by atoms with Crippen LogP contribution in [0.2, 0.25) is 5.02 Å². The summed E-state index contributed by atoms with van der Waals surface area (Å²) in [5.41, 5.74) is 0.241. The second kappa shape index (κ2) is 14.3. The Morgan fingerprint density at radius 2 is 1.58 bits per heavy atom. The van der Waals surface area contributed by atoms with Crippen LogP contribution >= 0.6 is 33.0 Å². The van der Waals surface area contributed by atoms with E-state index < -0.39 is 36.7 Å². The molecule has 9 nitrogen and oxygen atoms in total. The third-order valence-electron chi connectivity index (χ3n) is 3.06. The van der Waals surface area contributed by atoms with E-state index in [1.165, 1.54) is 31.2 Å². The second-order valence-electron chi connectivity index (χ2n) is 5.40. The molecule has 0 unspecified atom stereocenters. The Hall–Kier alpha value is -1.99. The van der Waals surface area contributed by atoms with Crippen molar-refractivity contribution in [3.8, 4) is 17.2 Å². The van der Waals surface area contributed by atoms with Gasteiger partial charge in [0.05, 0.1) is 16.5 Å². The lowest BCUT2D eigenvalue weighted by atomic mass is 10.3. The topological polar surface area (TPSA) is 136 Å². The molecule has 0 aliphatic rings. The van der Waals surface area contributed by atoms with Gasteiger partial charge in [-0.25, -0.2) is 17.6 Å². The number of carboxylic acid groups (broad SMARTS) is 1. The third-order valence-corrected chi connectivity index (χ3v) is 4.66. The fraction of sp³-hybridized carbons (Fsp3) is 0.278. The maximum atomic E-state index is 13.5. The first-order valence-electron chi connectivity index (χ1n) is 8.96. The Morgan fingerprint density at radius 1 is 1.03 bits per heavy atom. The van der Waals surface area contributed by atoms with Gasteiger partial charge in [-0.1, -0.05) is 25.4 Å². The van der Waals surface area contributed by atoms with Crippen molar-refractivity contribution in [2.75, 3.05) is 17.1 Å². The van der Waals surface area contributed by atoms with Gasteiger partial charge in [0.1, 0.15) is 11.6 Å². The molecule has 0 aliphatic heterocycles. The second-order valence-corrected chi connectivity index (χ2v) is 11.5. The Morgan fingerprint density at radius 3 is 2.06 bits per heavy atom. The molecule has 0 bridgehead atoms. The number of nitrogens with one attached hydrogen (secondary N) is 1. The first-order chi connectivity index (χ1) is 15.2. The average Bonchev–Trinajstić information content (AvgIpc) is 2.69. The average molecular weight is 569 g/mol. The zero-order valence-electron chi connectivity index (χ0n) is 17.5. The molecule has 0 saturated carbocycles. The molecule has 0 heterocycles. The van der Waals surface area contributed by atoms with Crippen LogP contribution in [-0.4, -0.2) is 40.3 Å². The zero-order chi connectivity index (χ0) is 25.8. The van der Waals surface area contributed by atoms with E-state index in [0.717, 1.165) is 12.1 Å². The largest absolute Gasteiger partial charge is 0.479 e. The van der Waals surface area contributed by atoms with Crippen molar-refractivity contribution in [3.05, 3.63) is 47.2 Å². The SMILES string of the molecule is CC.CCS(=O)(=O)Nc1ccc(Oc2cc(F)ccc2OCC(=O)O)c(Cl)c1.O=S(=O)(Cl)Cl. The van der Waals surface area contributed by atoms with Gasteiger partial charge >= 0.3 is 14.2 Å². The molecule has 0 aliphatic carbocycles. The van der Waals surface area contributed by atoms with Gasteiger partial charge in [0.15, 0.2) is 18.1 Å². The molecule has 0 radical (unpaired) electrons. The van der Waals surface area contributed by atoms with Gasteiger partial charge in [0.2, 0.25) is 10.0 Å². The standard InChI is InChI=1S/C16H15ClFNO6S.C2H6.Cl2O2S/c1-2-26(22,23)19-11-4-6-13(12(17)8-11)25-15-7-10(18)3-5-14(15)24-9-16(20)21;1-2;1-5(2,3)4/h3-8,19H,2,9H2,1H3,(H,20,21);1-2H3;. The first kappa shape index (κ1) is 31.0. The van der Waals surface area contributed by atoms with Crippen molar-refractivity contribution in [3.63, 3.8) is 0 Å². The summed E-state index contributed by atoms with van der Waals surface area (Å²) < 4.78 is 67.8. The zero-order valence-corrected chi connectivity index (χ0v) is 21.4. The number of halogens is 4. The number of carbonyl (C=O) groups is 1. The van der Waals surface area contributed by atoms with Crippen LogP contribution in [-0.2, 0) is 23.1 Å². The predicted molar refractivity (Wildman–Crippen MR) is 126 cm³/mol. The molecule has 2 N–H and O–H groups in total. The van der Waals surface area contributed by atoms with E-state index in [1.807, 2.05) is 13.8 Å². The van der Waals surface area contributed by atoms with E-state index in [1.54, 1.807) is 0 Å². The van der Waals surface area contributed by atoms with Crippen LogP contribution in [0.25, 0.3) is 0 Å². The molecule has 2 rings (SSSR count). The smallest absolute Gasteiger partial charge is 0.341 e. The van der Waals surface area contributed by atoms with E-state index in [2.05, 4.69) is 26.1 Å². The van der Waals surface area contributed by atoms with Crippen molar-refractivity contribution in [1.29, 1.82) is 0 Å². The fourth-order valence-corrected chi connectivity index (χ4v) is 2.69. The summed E-state index contributed by atoms with van der Waals surface area (Å²) in [7, 11) is 1.35. The van der Waals surface area contributed by atoms with Gasteiger partial charge in [0, 0.05) is 27.4 Å². The third kappa shape index (κ3) is 14.0. The molecule has 186 valence electrons. The molecule has 33 heavy (non-hydrogen) atoms. The van der Waals surface area contributed by atoms with Crippen LogP contribution in [0.5, 0.6) is 17.2 Å². The highest BCUT2D eigenvalue weighted by Crippen LogP contribution is 2.36.